The smallest absolute Gasteiger partial charge is 0.309 e. The van der Waals surface area contributed by atoms with E-state index in [9.17, 15) is 13.6 Å². The first kappa shape index (κ1) is 11.8. The van der Waals surface area contributed by atoms with E-state index < -0.39 is 11.6 Å². The Balaban J connectivity index is 2.31. The highest BCUT2D eigenvalue weighted by Crippen LogP contribution is 2.28. The summed E-state index contributed by atoms with van der Waals surface area (Å²) < 4.78 is 31.1. The van der Waals surface area contributed by atoms with Crippen LogP contribution < -0.4 is 0 Å². The van der Waals surface area contributed by atoms with Crippen molar-refractivity contribution in [2.75, 3.05) is 7.11 Å². The second kappa shape index (κ2) is 4.65. The molecule has 0 saturated heterocycles. The summed E-state index contributed by atoms with van der Waals surface area (Å²) in [5.74, 6) is -1.49. The van der Waals surface area contributed by atoms with Crippen LogP contribution in [0, 0.1) is 11.6 Å². The molecule has 4 heteroatoms. The lowest BCUT2D eigenvalue weighted by molar-refractivity contribution is -0.139. The molecule has 17 heavy (non-hydrogen) atoms. The molecule has 90 valence electrons. The van der Waals surface area contributed by atoms with E-state index in [1.54, 1.807) is 6.08 Å². The molecule has 0 aliphatic heterocycles. The molecule has 0 bridgehead atoms. The average molecular weight is 238 g/mol. The first-order valence-electron chi connectivity index (χ1n) is 5.34. The number of aryl methyl sites for hydroxylation is 1. The highest BCUT2D eigenvalue weighted by atomic mass is 19.1. The maximum absolute atomic E-state index is 13.5. The normalized spacial score (nSPS) is 13.9. The van der Waals surface area contributed by atoms with Crippen molar-refractivity contribution in [2.24, 2.45) is 0 Å². The highest BCUT2D eigenvalue weighted by molar-refractivity contribution is 5.75. The number of methoxy groups -OCH3 is 1. The van der Waals surface area contributed by atoms with Gasteiger partial charge >= 0.3 is 5.97 Å². The Labute approximate surface area is 97.9 Å². The molecule has 0 amide bonds. The lowest BCUT2D eigenvalue weighted by Crippen LogP contribution is -2.07. The van der Waals surface area contributed by atoms with Crippen molar-refractivity contribution in [2.45, 2.75) is 19.3 Å². The number of hydrogen-bond donors (Lipinski definition) is 0. The maximum atomic E-state index is 13.5. The third-order valence-electron chi connectivity index (χ3n) is 2.84. The molecular weight excluding hydrogens is 226 g/mol. The van der Waals surface area contributed by atoms with Crippen molar-refractivity contribution in [1.82, 2.24) is 0 Å². The SMILES string of the molecule is COC(=O)CC1=Cc2c(F)cc(F)cc2CC1. The minimum Gasteiger partial charge on any atom is -0.469 e. The molecule has 0 saturated carbocycles. The van der Waals surface area contributed by atoms with Gasteiger partial charge in [0.05, 0.1) is 13.5 Å². The molecule has 0 spiro atoms. The van der Waals surface area contributed by atoms with Crippen molar-refractivity contribution < 1.29 is 18.3 Å². The van der Waals surface area contributed by atoms with Gasteiger partial charge in [0, 0.05) is 11.6 Å². The first-order valence-corrected chi connectivity index (χ1v) is 5.34. The average Bonchev–Trinajstić information content (AvgIpc) is 2.29. The first-order chi connectivity index (χ1) is 8.10. The van der Waals surface area contributed by atoms with Crippen molar-refractivity contribution >= 4 is 12.0 Å². The monoisotopic (exact) mass is 238 g/mol. The standard InChI is InChI=1S/C13H12F2O2/c1-17-13(16)5-8-2-3-9-6-10(14)7-12(15)11(9)4-8/h4,6-7H,2-3,5H2,1H3. The Morgan fingerprint density at radius 2 is 2.12 bits per heavy atom. The third-order valence-corrected chi connectivity index (χ3v) is 2.84. The summed E-state index contributed by atoms with van der Waals surface area (Å²) >= 11 is 0. The van der Waals surface area contributed by atoms with E-state index in [-0.39, 0.29) is 12.4 Å². The summed E-state index contributed by atoms with van der Waals surface area (Å²) in [4.78, 5) is 11.1. The lowest BCUT2D eigenvalue weighted by Gasteiger charge is -2.16. The number of esters is 1. The number of carbonyl (C=O) groups is 1. The molecule has 0 radical (unpaired) electrons. The molecule has 0 unspecified atom stereocenters. The number of benzene rings is 1. The Bertz CT molecular complexity index is 492. The van der Waals surface area contributed by atoms with Gasteiger partial charge in [-0.2, -0.15) is 0 Å². The van der Waals surface area contributed by atoms with Crippen LogP contribution in [-0.4, -0.2) is 13.1 Å². The molecule has 1 aromatic rings. The minimum absolute atomic E-state index is 0.159. The fraction of sp³-hybridized carbons (Fsp3) is 0.308. The van der Waals surface area contributed by atoms with E-state index in [0.29, 0.717) is 24.0 Å². The number of carbonyl (C=O) groups excluding carboxylic acids is 1. The van der Waals surface area contributed by atoms with Crippen LogP contribution in [-0.2, 0) is 16.0 Å². The van der Waals surface area contributed by atoms with Crippen molar-refractivity contribution in [1.29, 1.82) is 0 Å². The summed E-state index contributed by atoms with van der Waals surface area (Å²) in [7, 11) is 1.32. The van der Waals surface area contributed by atoms with Crippen molar-refractivity contribution in [3.05, 3.63) is 40.5 Å². The largest absolute Gasteiger partial charge is 0.469 e. The van der Waals surface area contributed by atoms with Gasteiger partial charge in [0.1, 0.15) is 11.6 Å². The van der Waals surface area contributed by atoms with Crippen LogP contribution in [0.5, 0.6) is 0 Å². The number of halogens is 2. The van der Waals surface area contributed by atoms with Crippen LogP contribution in [0.25, 0.3) is 6.08 Å². The van der Waals surface area contributed by atoms with Gasteiger partial charge in [-0.15, -0.1) is 0 Å². The van der Waals surface area contributed by atoms with Crippen LogP contribution in [0.1, 0.15) is 24.0 Å². The second-order valence-electron chi connectivity index (χ2n) is 4.02. The number of ether oxygens (including phenoxy) is 1. The van der Waals surface area contributed by atoms with Gasteiger partial charge in [-0.05, 0) is 24.5 Å². The topological polar surface area (TPSA) is 26.3 Å². The zero-order valence-corrected chi connectivity index (χ0v) is 9.43. The second-order valence-corrected chi connectivity index (χ2v) is 4.02. The number of rotatable bonds is 2. The molecule has 0 atom stereocenters. The lowest BCUT2D eigenvalue weighted by atomic mass is 9.90. The molecule has 2 rings (SSSR count). The van der Waals surface area contributed by atoms with Gasteiger partial charge in [0.2, 0.25) is 0 Å². The van der Waals surface area contributed by atoms with Crippen molar-refractivity contribution in [3.8, 4) is 0 Å². The van der Waals surface area contributed by atoms with E-state index in [1.165, 1.54) is 13.2 Å². The van der Waals surface area contributed by atoms with Crippen LogP contribution in [0.3, 0.4) is 0 Å². The summed E-state index contributed by atoms with van der Waals surface area (Å²) in [5, 5.41) is 0. The van der Waals surface area contributed by atoms with Crippen molar-refractivity contribution in [3.63, 3.8) is 0 Å². The predicted octanol–water partition coefficient (Wildman–Crippen LogP) is 2.86. The van der Waals surface area contributed by atoms with Crippen LogP contribution in [0.2, 0.25) is 0 Å². The van der Waals surface area contributed by atoms with Crippen LogP contribution >= 0.6 is 0 Å². The Morgan fingerprint density at radius 1 is 1.35 bits per heavy atom. The van der Waals surface area contributed by atoms with Gasteiger partial charge in [0.25, 0.3) is 0 Å². The molecule has 0 aromatic heterocycles. The van der Waals surface area contributed by atoms with Crippen LogP contribution in [0.15, 0.2) is 17.7 Å². The molecule has 1 aromatic carbocycles. The third kappa shape index (κ3) is 2.52. The number of hydrogen-bond acceptors (Lipinski definition) is 2. The molecule has 2 nitrogen and oxygen atoms in total. The van der Waals surface area contributed by atoms with Gasteiger partial charge < -0.3 is 4.74 Å². The molecule has 1 aliphatic rings. The van der Waals surface area contributed by atoms with E-state index >= 15 is 0 Å². The van der Waals surface area contributed by atoms with E-state index in [4.69, 9.17) is 0 Å². The predicted molar refractivity (Wildman–Crippen MR) is 59.3 cm³/mol. The minimum atomic E-state index is -0.581. The molecule has 1 aliphatic carbocycles. The van der Waals surface area contributed by atoms with Crippen LogP contribution in [0.4, 0.5) is 8.78 Å². The maximum Gasteiger partial charge on any atom is 0.309 e. The summed E-state index contributed by atoms with van der Waals surface area (Å²) in [6.45, 7) is 0. The fourth-order valence-electron chi connectivity index (χ4n) is 1.98. The van der Waals surface area contributed by atoms with E-state index in [1.807, 2.05) is 0 Å². The Hall–Kier alpha value is -1.71. The Kier molecular flexibility index (Phi) is 3.22. The summed E-state index contributed by atoms with van der Waals surface area (Å²) in [6, 6.07) is 2.19. The number of fused-ring (bicyclic) bond motifs is 1. The fourth-order valence-corrected chi connectivity index (χ4v) is 1.98. The Morgan fingerprint density at radius 3 is 2.82 bits per heavy atom. The molecule has 0 heterocycles. The van der Waals surface area contributed by atoms with Gasteiger partial charge in [0.15, 0.2) is 0 Å². The van der Waals surface area contributed by atoms with E-state index in [0.717, 1.165) is 11.6 Å². The van der Waals surface area contributed by atoms with Gasteiger partial charge in [-0.3, -0.25) is 4.79 Å². The summed E-state index contributed by atoms with van der Waals surface area (Å²) in [5.41, 5.74) is 1.85. The molecule has 0 fully saturated rings. The zero-order valence-electron chi connectivity index (χ0n) is 9.43. The molecular formula is C13H12F2O2. The summed E-state index contributed by atoms with van der Waals surface area (Å²) in [6.07, 6.45) is 2.95. The quantitative estimate of drug-likeness (QED) is 0.740. The highest BCUT2D eigenvalue weighted by Gasteiger charge is 2.17. The zero-order chi connectivity index (χ0) is 12.4. The van der Waals surface area contributed by atoms with E-state index in [2.05, 4.69) is 4.74 Å². The van der Waals surface area contributed by atoms with Gasteiger partial charge in [-0.1, -0.05) is 11.6 Å². The molecule has 0 N–H and O–H groups in total. The van der Waals surface area contributed by atoms with Gasteiger partial charge in [-0.25, -0.2) is 8.78 Å².